The fraction of sp³-hybridized carbons (Fsp3) is 0.286. The van der Waals surface area contributed by atoms with E-state index in [2.05, 4.69) is 61.5 Å². The Morgan fingerprint density at radius 3 is 2.80 bits per heavy atom. The van der Waals surface area contributed by atoms with E-state index >= 15 is 0 Å². The maximum Gasteiger partial charge on any atom is 0.00157 e. The van der Waals surface area contributed by atoms with Gasteiger partial charge in [0.1, 0.15) is 0 Å². The van der Waals surface area contributed by atoms with Gasteiger partial charge in [0.2, 0.25) is 0 Å². The Kier molecular flexibility index (Phi) is 3.02. The molecule has 0 saturated heterocycles. The fourth-order valence-electron chi connectivity index (χ4n) is 1.66. The first kappa shape index (κ1) is 10.2. The lowest BCUT2D eigenvalue weighted by Gasteiger charge is -2.09. The van der Waals surface area contributed by atoms with Crippen LogP contribution in [-0.4, -0.2) is 25.5 Å². The number of rotatable bonds is 3. The molecule has 0 aliphatic rings. The van der Waals surface area contributed by atoms with Gasteiger partial charge in [0, 0.05) is 6.54 Å². The Morgan fingerprint density at radius 1 is 1.20 bits per heavy atom. The molecule has 0 saturated carbocycles. The Balaban J connectivity index is 2.23. The molecule has 2 aromatic rings. The molecule has 1 radical (unpaired) electrons. The van der Waals surface area contributed by atoms with Gasteiger partial charge in [-0.05, 0) is 42.9 Å². The van der Waals surface area contributed by atoms with Crippen LogP contribution in [0, 0.1) is 6.07 Å². The molecule has 2 aromatic carbocycles. The van der Waals surface area contributed by atoms with Gasteiger partial charge >= 0.3 is 0 Å². The lowest BCUT2D eigenvalue weighted by Crippen LogP contribution is -2.14. The van der Waals surface area contributed by atoms with E-state index in [4.69, 9.17) is 0 Å². The number of hydrogen-bond acceptors (Lipinski definition) is 1. The van der Waals surface area contributed by atoms with Gasteiger partial charge in [-0.25, -0.2) is 0 Å². The van der Waals surface area contributed by atoms with Gasteiger partial charge in [0.25, 0.3) is 0 Å². The minimum Gasteiger partial charge on any atom is -0.309 e. The molecular formula is C14H16N. The van der Waals surface area contributed by atoms with Crippen molar-refractivity contribution >= 4 is 10.8 Å². The molecule has 1 heteroatoms. The monoisotopic (exact) mass is 198 g/mol. The third kappa shape index (κ3) is 2.57. The number of hydrogen-bond donors (Lipinski definition) is 0. The van der Waals surface area contributed by atoms with Crippen LogP contribution in [0.2, 0.25) is 0 Å². The normalized spacial score (nSPS) is 11.1. The molecule has 0 heterocycles. The maximum atomic E-state index is 3.32. The van der Waals surface area contributed by atoms with Crippen LogP contribution in [0.4, 0.5) is 0 Å². The van der Waals surface area contributed by atoms with E-state index in [9.17, 15) is 0 Å². The largest absolute Gasteiger partial charge is 0.309 e. The summed E-state index contributed by atoms with van der Waals surface area (Å²) in [4.78, 5) is 2.20. The first-order chi connectivity index (χ1) is 7.25. The number of nitrogens with zero attached hydrogens (tertiary/aromatic N) is 1. The summed E-state index contributed by atoms with van der Waals surface area (Å²) in [5.41, 5.74) is 1.36. The summed E-state index contributed by atoms with van der Waals surface area (Å²) >= 11 is 0. The van der Waals surface area contributed by atoms with Gasteiger partial charge in [-0.3, -0.25) is 0 Å². The standard InChI is InChI=1S/C14H16N/c1-15(2)10-9-12-7-8-13-5-3-4-6-14(13)11-12/h3-7,11H,9-10H2,1-2H3. The second kappa shape index (κ2) is 4.45. The van der Waals surface area contributed by atoms with E-state index in [-0.39, 0.29) is 0 Å². The molecule has 0 fully saturated rings. The van der Waals surface area contributed by atoms with Gasteiger partial charge in [0.05, 0.1) is 0 Å². The highest BCUT2D eigenvalue weighted by Gasteiger charge is 1.97. The third-order valence-corrected chi connectivity index (χ3v) is 2.56. The lowest BCUT2D eigenvalue weighted by atomic mass is 10.1. The summed E-state index contributed by atoms with van der Waals surface area (Å²) in [6, 6.07) is 16.1. The predicted molar refractivity (Wildman–Crippen MR) is 65.0 cm³/mol. The highest BCUT2D eigenvalue weighted by Crippen LogP contribution is 2.15. The molecular weight excluding hydrogens is 182 g/mol. The maximum absolute atomic E-state index is 3.32. The predicted octanol–water partition coefficient (Wildman–Crippen LogP) is 2.74. The van der Waals surface area contributed by atoms with Crippen LogP contribution in [0.5, 0.6) is 0 Å². The molecule has 0 bridgehead atoms. The van der Waals surface area contributed by atoms with Crippen LogP contribution in [0.1, 0.15) is 5.56 Å². The van der Waals surface area contributed by atoms with Crippen LogP contribution in [-0.2, 0) is 6.42 Å². The zero-order chi connectivity index (χ0) is 10.7. The summed E-state index contributed by atoms with van der Waals surface area (Å²) < 4.78 is 0. The van der Waals surface area contributed by atoms with Crippen LogP contribution in [0.3, 0.4) is 0 Å². The number of fused-ring (bicyclic) bond motifs is 1. The van der Waals surface area contributed by atoms with E-state index in [0.717, 1.165) is 13.0 Å². The SMILES string of the molecule is CN(C)CCc1c[c]c2ccccc2c1. The Labute approximate surface area is 91.3 Å². The molecule has 0 amide bonds. The Morgan fingerprint density at radius 2 is 2.00 bits per heavy atom. The van der Waals surface area contributed by atoms with E-state index in [1.165, 1.54) is 16.3 Å². The molecule has 15 heavy (non-hydrogen) atoms. The average molecular weight is 198 g/mol. The van der Waals surface area contributed by atoms with Crippen LogP contribution in [0.25, 0.3) is 10.8 Å². The summed E-state index contributed by atoms with van der Waals surface area (Å²) in [6.45, 7) is 1.09. The molecule has 0 atom stereocenters. The zero-order valence-corrected chi connectivity index (χ0v) is 9.33. The quantitative estimate of drug-likeness (QED) is 0.733. The van der Waals surface area contributed by atoms with Crippen molar-refractivity contribution in [2.24, 2.45) is 0 Å². The van der Waals surface area contributed by atoms with Crippen molar-refractivity contribution in [2.45, 2.75) is 6.42 Å². The molecule has 1 nitrogen and oxygen atoms in total. The fourth-order valence-corrected chi connectivity index (χ4v) is 1.66. The molecule has 0 N–H and O–H groups in total. The number of benzene rings is 2. The van der Waals surface area contributed by atoms with Crippen molar-refractivity contribution < 1.29 is 0 Å². The molecule has 0 aliphatic carbocycles. The lowest BCUT2D eigenvalue weighted by molar-refractivity contribution is 0.414. The van der Waals surface area contributed by atoms with Gasteiger partial charge < -0.3 is 4.90 Å². The van der Waals surface area contributed by atoms with Crippen molar-refractivity contribution in [2.75, 3.05) is 20.6 Å². The first-order valence-corrected chi connectivity index (χ1v) is 5.30. The second-order valence-corrected chi connectivity index (χ2v) is 4.15. The molecule has 0 spiro atoms. The van der Waals surface area contributed by atoms with Crippen molar-refractivity contribution in [3.63, 3.8) is 0 Å². The summed E-state index contributed by atoms with van der Waals surface area (Å²) in [6.07, 6.45) is 1.09. The van der Waals surface area contributed by atoms with Gasteiger partial charge in [-0.1, -0.05) is 36.4 Å². The second-order valence-electron chi connectivity index (χ2n) is 4.15. The highest BCUT2D eigenvalue weighted by atomic mass is 15.0. The molecule has 77 valence electrons. The molecule has 2 rings (SSSR count). The molecule has 0 unspecified atom stereocenters. The van der Waals surface area contributed by atoms with Crippen molar-refractivity contribution in [1.82, 2.24) is 4.90 Å². The van der Waals surface area contributed by atoms with Crippen molar-refractivity contribution in [1.29, 1.82) is 0 Å². The summed E-state index contributed by atoms with van der Waals surface area (Å²) in [5, 5.41) is 2.49. The number of likely N-dealkylation sites (N-methyl/N-ethyl adjacent to an activating group) is 1. The van der Waals surface area contributed by atoms with Crippen LogP contribution < -0.4 is 0 Å². The van der Waals surface area contributed by atoms with Gasteiger partial charge in [-0.15, -0.1) is 0 Å². The Bertz CT molecular complexity index is 446. The molecule has 0 aliphatic heterocycles. The highest BCUT2D eigenvalue weighted by molar-refractivity contribution is 5.82. The van der Waals surface area contributed by atoms with Crippen LogP contribution >= 0.6 is 0 Å². The average Bonchev–Trinajstić information content (AvgIpc) is 2.26. The van der Waals surface area contributed by atoms with Crippen LogP contribution in [0.15, 0.2) is 36.4 Å². The van der Waals surface area contributed by atoms with E-state index < -0.39 is 0 Å². The van der Waals surface area contributed by atoms with Crippen molar-refractivity contribution in [3.8, 4) is 0 Å². The van der Waals surface area contributed by atoms with Gasteiger partial charge in [0.15, 0.2) is 0 Å². The van der Waals surface area contributed by atoms with Gasteiger partial charge in [-0.2, -0.15) is 0 Å². The molecule has 0 aromatic heterocycles. The first-order valence-electron chi connectivity index (χ1n) is 5.30. The van der Waals surface area contributed by atoms with E-state index in [1.54, 1.807) is 0 Å². The minimum absolute atomic E-state index is 1.09. The van der Waals surface area contributed by atoms with E-state index in [1.807, 2.05) is 0 Å². The zero-order valence-electron chi connectivity index (χ0n) is 9.33. The third-order valence-electron chi connectivity index (χ3n) is 2.56. The summed E-state index contributed by atoms with van der Waals surface area (Å²) in [5.74, 6) is 0. The van der Waals surface area contributed by atoms with Crippen molar-refractivity contribution in [3.05, 3.63) is 48.0 Å². The summed E-state index contributed by atoms with van der Waals surface area (Å²) in [7, 11) is 4.20. The Hall–Kier alpha value is -1.34. The topological polar surface area (TPSA) is 3.24 Å². The van der Waals surface area contributed by atoms with E-state index in [0.29, 0.717) is 0 Å². The minimum atomic E-state index is 1.09. The smallest absolute Gasteiger partial charge is 0.00157 e.